The summed E-state index contributed by atoms with van der Waals surface area (Å²) >= 11 is 0. The van der Waals surface area contributed by atoms with Crippen LogP contribution in [0.25, 0.3) is 11.5 Å². The fourth-order valence-corrected chi connectivity index (χ4v) is 3.64. The molecule has 0 bridgehead atoms. The third kappa shape index (κ3) is 3.41. The van der Waals surface area contributed by atoms with Gasteiger partial charge in [0, 0.05) is 38.4 Å². The first-order valence-corrected chi connectivity index (χ1v) is 9.30. The van der Waals surface area contributed by atoms with Gasteiger partial charge in [0.1, 0.15) is 11.4 Å². The van der Waals surface area contributed by atoms with E-state index in [4.69, 9.17) is 4.74 Å². The Hall–Kier alpha value is -3.06. The lowest BCUT2D eigenvalue weighted by molar-refractivity contribution is 0.241. The SMILES string of the molecule is COc1ccc(CN2CCc3nc(-c4cnccn4)[nH]c(=O)c3C2)c(C)c1C. The molecule has 1 aliphatic heterocycles. The lowest BCUT2D eigenvalue weighted by atomic mass is 10.0. The van der Waals surface area contributed by atoms with E-state index in [0.717, 1.165) is 42.1 Å². The van der Waals surface area contributed by atoms with Gasteiger partial charge in [0.25, 0.3) is 5.56 Å². The van der Waals surface area contributed by atoms with Crippen molar-refractivity contribution < 1.29 is 4.74 Å². The highest BCUT2D eigenvalue weighted by Crippen LogP contribution is 2.26. The number of hydrogen-bond acceptors (Lipinski definition) is 6. The van der Waals surface area contributed by atoms with Crippen molar-refractivity contribution in [2.45, 2.75) is 33.4 Å². The molecule has 0 atom stereocenters. The number of aromatic amines is 1. The second-order valence-electron chi connectivity index (χ2n) is 7.07. The smallest absolute Gasteiger partial charge is 0.255 e. The molecule has 3 heterocycles. The van der Waals surface area contributed by atoms with Gasteiger partial charge in [-0.25, -0.2) is 9.97 Å². The number of aromatic nitrogens is 4. The van der Waals surface area contributed by atoms with E-state index in [-0.39, 0.29) is 5.56 Å². The molecule has 1 aliphatic rings. The second-order valence-corrected chi connectivity index (χ2v) is 7.07. The van der Waals surface area contributed by atoms with E-state index in [0.29, 0.717) is 18.1 Å². The number of benzene rings is 1. The largest absolute Gasteiger partial charge is 0.496 e. The van der Waals surface area contributed by atoms with E-state index < -0.39 is 0 Å². The van der Waals surface area contributed by atoms with Gasteiger partial charge in [-0.05, 0) is 36.6 Å². The van der Waals surface area contributed by atoms with E-state index in [9.17, 15) is 4.79 Å². The Morgan fingerprint density at radius 1 is 1.21 bits per heavy atom. The van der Waals surface area contributed by atoms with Gasteiger partial charge in [-0.2, -0.15) is 0 Å². The predicted molar refractivity (Wildman–Crippen MR) is 106 cm³/mol. The Labute approximate surface area is 163 Å². The van der Waals surface area contributed by atoms with Crippen LogP contribution in [0, 0.1) is 13.8 Å². The number of ether oxygens (including phenoxy) is 1. The van der Waals surface area contributed by atoms with E-state index in [2.05, 4.69) is 44.7 Å². The maximum absolute atomic E-state index is 12.7. The summed E-state index contributed by atoms with van der Waals surface area (Å²) in [4.78, 5) is 30.7. The molecule has 0 saturated heterocycles. The van der Waals surface area contributed by atoms with Crippen LogP contribution < -0.4 is 10.3 Å². The van der Waals surface area contributed by atoms with Gasteiger partial charge in [0.15, 0.2) is 5.82 Å². The number of hydrogen-bond donors (Lipinski definition) is 1. The molecule has 0 amide bonds. The number of nitrogens with zero attached hydrogens (tertiary/aromatic N) is 4. The molecule has 7 nitrogen and oxygen atoms in total. The zero-order chi connectivity index (χ0) is 19.7. The zero-order valence-corrected chi connectivity index (χ0v) is 16.3. The molecule has 4 rings (SSSR count). The molecule has 0 unspecified atom stereocenters. The Balaban J connectivity index is 1.58. The number of methoxy groups -OCH3 is 1. The summed E-state index contributed by atoms with van der Waals surface area (Å²) in [6.45, 7) is 6.43. The van der Waals surface area contributed by atoms with Crippen molar-refractivity contribution in [2.75, 3.05) is 13.7 Å². The fraction of sp³-hybridized carbons (Fsp3) is 0.333. The molecule has 1 N–H and O–H groups in total. The van der Waals surface area contributed by atoms with Gasteiger partial charge in [0.05, 0.1) is 24.6 Å². The summed E-state index contributed by atoms with van der Waals surface area (Å²) in [5, 5.41) is 0. The second kappa shape index (κ2) is 7.52. The van der Waals surface area contributed by atoms with Crippen molar-refractivity contribution in [3.05, 3.63) is 69.0 Å². The molecule has 0 radical (unpaired) electrons. The lowest BCUT2D eigenvalue weighted by Crippen LogP contribution is -2.35. The van der Waals surface area contributed by atoms with Crippen LogP contribution in [0.1, 0.15) is 27.9 Å². The lowest BCUT2D eigenvalue weighted by Gasteiger charge is -2.28. The summed E-state index contributed by atoms with van der Waals surface area (Å²) in [7, 11) is 1.69. The van der Waals surface area contributed by atoms with Gasteiger partial charge in [0.2, 0.25) is 0 Å². The van der Waals surface area contributed by atoms with Crippen molar-refractivity contribution in [2.24, 2.45) is 0 Å². The van der Waals surface area contributed by atoms with Crippen LogP contribution in [0.2, 0.25) is 0 Å². The van der Waals surface area contributed by atoms with Gasteiger partial charge in [-0.15, -0.1) is 0 Å². The number of fused-ring (bicyclic) bond motifs is 1. The molecule has 28 heavy (non-hydrogen) atoms. The molecular weight excluding hydrogens is 354 g/mol. The number of nitrogens with one attached hydrogen (secondary N) is 1. The van der Waals surface area contributed by atoms with Crippen LogP contribution in [-0.2, 0) is 19.5 Å². The maximum atomic E-state index is 12.7. The fourth-order valence-electron chi connectivity index (χ4n) is 3.64. The highest BCUT2D eigenvalue weighted by atomic mass is 16.5. The molecule has 0 fully saturated rings. The summed E-state index contributed by atoms with van der Waals surface area (Å²) in [6, 6.07) is 4.12. The third-order valence-electron chi connectivity index (χ3n) is 5.42. The first-order valence-electron chi connectivity index (χ1n) is 9.30. The van der Waals surface area contributed by atoms with Crippen LogP contribution in [-0.4, -0.2) is 38.5 Å². The third-order valence-corrected chi connectivity index (χ3v) is 5.42. The quantitative estimate of drug-likeness (QED) is 0.752. The molecule has 3 aromatic rings. The Morgan fingerprint density at radius 2 is 2.07 bits per heavy atom. The highest BCUT2D eigenvalue weighted by Gasteiger charge is 2.22. The summed E-state index contributed by atoms with van der Waals surface area (Å²) in [5.74, 6) is 1.38. The summed E-state index contributed by atoms with van der Waals surface area (Å²) < 4.78 is 5.40. The van der Waals surface area contributed by atoms with Crippen LogP contribution in [0.5, 0.6) is 5.75 Å². The molecule has 0 aliphatic carbocycles. The van der Waals surface area contributed by atoms with Gasteiger partial charge >= 0.3 is 0 Å². The normalized spacial score (nSPS) is 14.0. The van der Waals surface area contributed by atoms with E-state index in [1.807, 2.05) is 6.07 Å². The van der Waals surface area contributed by atoms with E-state index >= 15 is 0 Å². The average Bonchev–Trinajstić information content (AvgIpc) is 2.72. The minimum atomic E-state index is -0.0991. The van der Waals surface area contributed by atoms with E-state index in [1.54, 1.807) is 25.7 Å². The number of rotatable bonds is 4. The first kappa shape index (κ1) is 18.3. The summed E-state index contributed by atoms with van der Waals surface area (Å²) in [5.41, 5.74) is 5.71. The standard InChI is InChI=1S/C21H23N5O2/c1-13-14(2)19(28-3)5-4-15(13)11-26-9-6-17-16(12-26)21(27)25-20(24-17)18-10-22-7-8-23-18/h4-5,7-8,10H,6,9,11-12H2,1-3H3,(H,24,25,27). The monoisotopic (exact) mass is 377 g/mol. The molecule has 0 saturated carbocycles. The summed E-state index contributed by atoms with van der Waals surface area (Å²) in [6.07, 6.45) is 5.53. The Kier molecular flexibility index (Phi) is 4.92. The zero-order valence-electron chi connectivity index (χ0n) is 16.3. The topological polar surface area (TPSA) is 84.0 Å². The molecule has 0 spiro atoms. The van der Waals surface area contributed by atoms with Gasteiger partial charge in [-0.3, -0.25) is 14.7 Å². The predicted octanol–water partition coefficient (Wildman–Crippen LogP) is 2.41. The van der Waals surface area contributed by atoms with Crippen molar-refractivity contribution in [1.82, 2.24) is 24.8 Å². The average molecular weight is 377 g/mol. The number of H-pyrrole nitrogens is 1. The molecule has 2 aromatic heterocycles. The first-order chi connectivity index (χ1) is 13.6. The van der Waals surface area contributed by atoms with Crippen molar-refractivity contribution in [3.8, 4) is 17.3 Å². The van der Waals surface area contributed by atoms with Crippen molar-refractivity contribution in [3.63, 3.8) is 0 Å². The van der Waals surface area contributed by atoms with Crippen LogP contribution in [0.3, 0.4) is 0 Å². The molecule has 7 heteroatoms. The van der Waals surface area contributed by atoms with Crippen LogP contribution in [0.15, 0.2) is 35.5 Å². The minimum absolute atomic E-state index is 0.0991. The molecule has 1 aromatic carbocycles. The minimum Gasteiger partial charge on any atom is -0.496 e. The molecular formula is C21H23N5O2. The van der Waals surface area contributed by atoms with Crippen molar-refractivity contribution >= 4 is 0 Å². The van der Waals surface area contributed by atoms with Crippen LogP contribution in [0.4, 0.5) is 0 Å². The van der Waals surface area contributed by atoms with Gasteiger partial charge < -0.3 is 9.72 Å². The van der Waals surface area contributed by atoms with Crippen LogP contribution >= 0.6 is 0 Å². The highest BCUT2D eigenvalue weighted by molar-refractivity contribution is 5.47. The molecule has 144 valence electrons. The van der Waals surface area contributed by atoms with Crippen molar-refractivity contribution in [1.29, 1.82) is 0 Å². The van der Waals surface area contributed by atoms with Gasteiger partial charge in [-0.1, -0.05) is 6.07 Å². The Morgan fingerprint density at radius 3 is 2.82 bits per heavy atom. The Bertz CT molecular complexity index is 1060. The maximum Gasteiger partial charge on any atom is 0.255 e. The van der Waals surface area contributed by atoms with E-state index in [1.165, 1.54) is 11.1 Å².